The standard InChI is InChI=1S/2C7H9.2CH3.H2Si.Ti/c2*1-6-3-4-7(2)5-6;;;;/h2*3-4,6H,1-2H3;2*1H3;1H2;/q4*-1;;. The molecule has 0 radical (unpaired) electrons. The van der Waals surface area contributed by atoms with Gasteiger partial charge in [-0.3, -0.25) is 12.2 Å². The van der Waals surface area contributed by atoms with Crippen molar-refractivity contribution in [3.8, 4) is 0 Å². The summed E-state index contributed by atoms with van der Waals surface area (Å²) in [6.07, 6.45) is 14.9. The zero-order valence-electron chi connectivity index (χ0n) is 12.7. The summed E-state index contributed by atoms with van der Waals surface area (Å²) in [5, 5.41) is 0. The molecule has 0 amide bonds. The molecule has 2 atom stereocenters. The molecule has 0 aromatic carbocycles. The molecule has 18 heavy (non-hydrogen) atoms. The van der Waals surface area contributed by atoms with Crippen LogP contribution < -0.4 is 0 Å². The van der Waals surface area contributed by atoms with Crippen LogP contribution >= 0.6 is 0 Å². The quantitative estimate of drug-likeness (QED) is 0.470. The van der Waals surface area contributed by atoms with Crippen LogP contribution in [-0.2, 0) is 19.2 Å². The van der Waals surface area contributed by atoms with E-state index in [4.69, 9.17) is 0 Å². The van der Waals surface area contributed by atoms with Gasteiger partial charge in [-0.1, -0.05) is 39.5 Å². The predicted molar refractivity (Wildman–Crippen MR) is 82.8 cm³/mol. The van der Waals surface area contributed by atoms with Crippen LogP contribution in [0, 0.1) is 38.8 Å². The molecule has 0 spiro atoms. The average molecular weight is 294 g/mol. The second-order valence-electron chi connectivity index (χ2n) is 3.95. The van der Waals surface area contributed by atoms with Gasteiger partial charge in [-0.2, -0.15) is 12.2 Å². The van der Waals surface area contributed by atoms with Gasteiger partial charge in [0, 0.05) is 0 Å². The molecule has 0 saturated carbocycles. The van der Waals surface area contributed by atoms with Crippen molar-refractivity contribution in [3.05, 3.63) is 62.5 Å². The Bertz CT molecular complexity index is 292. The van der Waals surface area contributed by atoms with Crippen LogP contribution in [0.25, 0.3) is 0 Å². The van der Waals surface area contributed by atoms with Gasteiger partial charge in [0.05, 0.1) is 0 Å². The molecule has 0 fully saturated rings. The van der Waals surface area contributed by atoms with Crippen molar-refractivity contribution in [1.29, 1.82) is 0 Å². The fourth-order valence-corrected chi connectivity index (χ4v) is 1.49. The van der Waals surface area contributed by atoms with E-state index in [1.165, 1.54) is 11.1 Å². The van der Waals surface area contributed by atoms with Gasteiger partial charge in [-0.25, -0.2) is 23.3 Å². The van der Waals surface area contributed by atoms with Crippen LogP contribution in [0.5, 0.6) is 0 Å². The molecule has 0 heterocycles. The molecule has 102 valence electrons. The van der Waals surface area contributed by atoms with Crippen LogP contribution in [0.2, 0.25) is 0 Å². The Morgan fingerprint density at radius 1 is 0.889 bits per heavy atom. The molecule has 0 saturated heterocycles. The van der Waals surface area contributed by atoms with E-state index in [-0.39, 0.29) is 14.9 Å². The summed E-state index contributed by atoms with van der Waals surface area (Å²) in [5.41, 5.74) is 2.54. The van der Waals surface area contributed by atoms with Crippen LogP contribution in [0.3, 0.4) is 0 Å². The zero-order chi connectivity index (χ0) is 12.6. The summed E-state index contributed by atoms with van der Waals surface area (Å²) >= 11 is 2.03. The molecular formula is C16H26SiTi-4. The minimum atomic E-state index is 0. The van der Waals surface area contributed by atoms with E-state index >= 15 is 0 Å². The van der Waals surface area contributed by atoms with Gasteiger partial charge in [0.15, 0.2) is 0 Å². The van der Waals surface area contributed by atoms with E-state index in [9.17, 15) is 0 Å². The van der Waals surface area contributed by atoms with Crippen molar-refractivity contribution in [2.24, 2.45) is 11.8 Å². The van der Waals surface area contributed by atoms with Crippen molar-refractivity contribution >= 4 is 7.63 Å². The molecule has 0 nitrogen and oxygen atoms in total. The van der Waals surface area contributed by atoms with Gasteiger partial charge in [0.25, 0.3) is 0 Å². The second kappa shape index (κ2) is 13.3. The Labute approximate surface area is 128 Å². The van der Waals surface area contributed by atoms with Crippen molar-refractivity contribution in [2.45, 2.75) is 27.7 Å². The first-order valence-electron chi connectivity index (χ1n) is 5.50. The fraction of sp³-hybridized carbons (Fsp3) is 0.375. The third-order valence-corrected chi connectivity index (χ3v) is 2.18. The first-order chi connectivity index (χ1) is 7.58. The summed E-state index contributed by atoms with van der Waals surface area (Å²) in [6, 6.07) is 0. The maximum atomic E-state index is 3.22. The summed E-state index contributed by atoms with van der Waals surface area (Å²) in [5.74, 6) is 1.11. The maximum absolute atomic E-state index is 3.22. The fourth-order valence-electron chi connectivity index (χ4n) is 1.49. The van der Waals surface area contributed by atoms with Gasteiger partial charge in [-0.15, -0.1) is 0 Å². The zero-order valence-corrected chi connectivity index (χ0v) is 15.6. The van der Waals surface area contributed by atoms with Gasteiger partial charge in [-0.05, 0) is 0 Å². The van der Waals surface area contributed by atoms with Gasteiger partial charge < -0.3 is 14.9 Å². The number of hydrogen-bond acceptors (Lipinski definition) is 0. The Morgan fingerprint density at radius 3 is 1.22 bits per heavy atom. The monoisotopic (exact) mass is 294 g/mol. The molecular weight excluding hydrogens is 268 g/mol. The van der Waals surface area contributed by atoms with Crippen molar-refractivity contribution in [1.82, 2.24) is 0 Å². The normalized spacial score (nSPS) is 22.2. The van der Waals surface area contributed by atoms with E-state index in [1.807, 2.05) is 26.8 Å². The van der Waals surface area contributed by atoms with E-state index in [0.717, 1.165) is 0 Å². The molecule has 0 N–H and O–H groups in total. The van der Waals surface area contributed by atoms with Crippen LogP contribution in [0.15, 0.2) is 35.5 Å². The van der Waals surface area contributed by atoms with Gasteiger partial charge >= 0.3 is 26.8 Å². The summed E-state index contributed by atoms with van der Waals surface area (Å²) in [4.78, 5) is 0. The topological polar surface area (TPSA) is 0 Å². The molecule has 2 heteroatoms. The van der Waals surface area contributed by atoms with Gasteiger partial charge in [0.1, 0.15) is 0 Å². The summed E-state index contributed by atoms with van der Waals surface area (Å²) in [7, 11) is 1.86. The number of rotatable bonds is 0. The molecule has 2 aliphatic rings. The molecule has 0 aliphatic heterocycles. The first kappa shape index (κ1) is 23.0. The minimum absolute atomic E-state index is 0. The predicted octanol–water partition coefficient (Wildman–Crippen LogP) is 3.87. The molecule has 2 aliphatic carbocycles. The van der Waals surface area contributed by atoms with E-state index < -0.39 is 0 Å². The first-order valence-corrected chi connectivity index (χ1v) is 9.52. The number of hydrogen-bond donors (Lipinski definition) is 0. The molecule has 0 bridgehead atoms. The summed E-state index contributed by atoms with van der Waals surface area (Å²) < 4.78 is 0. The van der Waals surface area contributed by atoms with Crippen molar-refractivity contribution in [2.75, 3.05) is 0 Å². The van der Waals surface area contributed by atoms with Crippen molar-refractivity contribution in [3.63, 3.8) is 0 Å². The van der Waals surface area contributed by atoms with Crippen molar-refractivity contribution < 1.29 is 19.2 Å². The Balaban J connectivity index is -0.000000200. The van der Waals surface area contributed by atoms with E-state index in [1.54, 1.807) is 0 Å². The molecule has 0 aromatic heterocycles. The van der Waals surface area contributed by atoms with E-state index in [0.29, 0.717) is 11.8 Å². The second-order valence-corrected chi connectivity index (χ2v) is 3.95. The Morgan fingerprint density at radius 2 is 1.17 bits per heavy atom. The Hall–Kier alpha value is -0.109. The Kier molecular flexibility index (Phi) is 17.0. The summed E-state index contributed by atoms with van der Waals surface area (Å²) in [6.45, 7) is 8.40. The third kappa shape index (κ3) is 11.0. The average Bonchev–Trinajstić information content (AvgIpc) is 2.80. The van der Waals surface area contributed by atoms with Gasteiger partial charge in [0.2, 0.25) is 0 Å². The number of allylic oxidation sites excluding steroid dienone is 8. The van der Waals surface area contributed by atoms with Crippen LogP contribution in [-0.4, -0.2) is 7.63 Å². The van der Waals surface area contributed by atoms with Crippen LogP contribution in [0.1, 0.15) is 27.7 Å². The molecule has 2 unspecified atom stereocenters. The SMILES string of the molecule is CC1=[C-]C(C)C=C1.CC1=[C-]C(C)C=C1.[CH3-].[CH3-].[SiH2]=[Ti]. The molecule has 0 aromatic rings. The van der Waals surface area contributed by atoms with Crippen LogP contribution in [0.4, 0.5) is 0 Å². The van der Waals surface area contributed by atoms with E-state index in [2.05, 4.69) is 64.2 Å². The molecule has 2 rings (SSSR count). The third-order valence-electron chi connectivity index (χ3n) is 2.18.